The van der Waals surface area contributed by atoms with E-state index in [-0.39, 0.29) is 6.10 Å². The van der Waals surface area contributed by atoms with Gasteiger partial charge in [-0.05, 0) is 29.7 Å². The van der Waals surface area contributed by atoms with Crippen LogP contribution in [0.5, 0.6) is 0 Å². The number of rotatable bonds is 2. The van der Waals surface area contributed by atoms with Gasteiger partial charge in [-0.25, -0.2) is 0 Å². The van der Waals surface area contributed by atoms with Crippen LogP contribution < -0.4 is 0 Å². The Morgan fingerprint density at radius 2 is 2.07 bits per heavy atom. The summed E-state index contributed by atoms with van der Waals surface area (Å²) in [5.41, 5.74) is 2.42. The van der Waals surface area contributed by atoms with Gasteiger partial charge in [0.15, 0.2) is 0 Å². The fraction of sp³-hybridized carbons (Fsp3) is 0.231. The highest BCUT2D eigenvalue weighted by atomic mass is 79.9. The zero-order valence-corrected chi connectivity index (χ0v) is 10.0. The molecule has 2 rings (SSSR count). The third kappa shape index (κ3) is 2.58. The zero-order valence-electron chi connectivity index (χ0n) is 8.45. The molecule has 0 bridgehead atoms. The smallest absolute Gasteiger partial charge is 0.0864 e. The van der Waals surface area contributed by atoms with Gasteiger partial charge in [-0.15, -0.1) is 0 Å². The van der Waals surface area contributed by atoms with Gasteiger partial charge in [-0.2, -0.15) is 0 Å². The van der Waals surface area contributed by atoms with Crippen LogP contribution in [0.4, 0.5) is 0 Å². The van der Waals surface area contributed by atoms with Gasteiger partial charge in [-0.3, -0.25) is 0 Å². The quantitative estimate of drug-likeness (QED) is 0.784. The third-order valence-electron chi connectivity index (χ3n) is 2.55. The maximum atomic E-state index is 5.75. The Hall–Kier alpha value is -0.860. The van der Waals surface area contributed by atoms with E-state index in [1.165, 1.54) is 11.1 Å². The van der Waals surface area contributed by atoms with Crippen molar-refractivity contribution in [2.24, 2.45) is 0 Å². The summed E-state index contributed by atoms with van der Waals surface area (Å²) in [5, 5.41) is 0. The molecule has 0 spiro atoms. The van der Waals surface area contributed by atoms with Crippen molar-refractivity contribution in [1.29, 1.82) is 0 Å². The highest BCUT2D eigenvalue weighted by Crippen LogP contribution is 2.27. The lowest BCUT2D eigenvalue weighted by molar-refractivity contribution is 0.0634. The summed E-state index contributed by atoms with van der Waals surface area (Å²) in [7, 11) is 0. The topological polar surface area (TPSA) is 9.23 Å². The van der Waals surface area contributed by atoms with Crippen LogP contribution >= 0.6 is 15.9 Å². The molecule has 0 radical (unpaired) electrons. The standard InChI is InChI=1S/C13H13BrO/c1-2-10-3-8-13(15-9-10)11-4-6-12(14)7-5-11/h2-7,13H,1,8-9H2. The number of halogens is 1. The van der Waals surface area contributed by atoms with E-state index in [1.807, 2.05) is 18.2 Å². The summed E-state index contributed by atoms with van der Waals surface area (Å²) < 4.78 is 6.85. The third-order valence-corrected chi connectivity index (χ3v) is 3.08. The van der Waals surface area contributed by atoms with Crippen molar-refractivity contribution in [3.63, 3.8) is 0 Å². The van der Waals surface area contributed by atoms with E-state index in [1.54, 1.807) is 0 Å². The molecule has 0 aromatic heterocycles. The molecule has 0 fully saturated rings. The van der Waals surface area contributed by atoms with E-state index in [2.05, 4.69) is 40.7 Å². The number of benzene rings is 1. The highest BCUT2D eigenvalue weighted by molar-refractivity contribution is 9.10. The molecule has 0 amide bonds. The Labute approximate surface area is 98.6 Å². The summed E-state index contributed by atoms with van der Waals surface area (Å²) in [5.74, 6) is 0. The van der Waals surface area contributed by atoms with Crippen LogP contribution in [0.25, 0.3) is 0 Å². The monoisotopic (exact) mass is 264 g/mol. The maximum Gasteiger partial charge on any atom is 0.0864 e. The number of hydrogen-bond acceptors (Lipinski definition) is 1. The van der Waals surface area contributed by atoms with Gasteiger partial charge in [0, 0.05) is 4.47 Å². The van der Waals surface area contributed by atoms with Crippen LogP contribution in [0.1, 0.15) is 18.1 Å². The molecular formula is C13H13BrO. The molecule has 1 unspecified atom stereocenters. The van der Waals surface area contributed by atoms with Crippen molar-refractivity contribution >= 4 is 15.9 Å². The SMILES string of the molecule is C=CC1=CCC(c2ccc(Br)cc2)OC1. The lowest BCUT2D eigenvalue weighted by Crippen LogP contribution is -2.10. The Morgan fingerprint density at radius 1 is 1.33 bits per heavy atom. The van der Waals surface area contributed by atoms with Crippen LogP contribution in [-0.2, 0) is 4.74 Å². The van der Waals surface area contributed by atoms with Crippen LogP contribution in [0.2, 0.25) is 0 Å². The van der Waals surface area contributed by atoms with Crippen LogP contribution in [0.15, 0.2) is 53.0 Å². The van der Waals surface area contributed by atoms with Crippen LogP contribution in [-0.4, -0.2) is 6.61 Å². The fourth-order valence-electron chi connectivity index (χ4n) is 1.63. The number of hydrogen-bond donors (Lipinski definition) is 0. The summed E-state index contributed by atoms with van der Waals surface area (Å²) in [6, 6.07) is 8.29. The molecule has 1 heterocycles. The normalized spacial score (nSPS) is 20.9. The van der Waals surface area contributed by atoms with E-state index < -0.39 is 0 Å². The second kappa shape index (κ2) is 4.77. The van der Waals surface area contributed by atoms with Crippen molar-refractivity contribution < 1.29 is 4.74 Å². The molecular weight excluding hydrogens is 252 g/mol. The minimum atomic E-state index is 0.196. The Balaban J connectivity index is 2.11. The second-order valence-electron chi connectivity index (χ2n) is 3.57. The van der Waals surface area contributed by atoms with E-state index in [4.69, 9.17) is 4.74 Å². The molecule has 1 atom stereocenters. The minimum Gasteiger partial charge on any atom is -0.369 e. The summed E-state index contributed by atoms with van der Waals surface area (Å²) in [6.45, 7) is 4.41. The molecule has 1 aromatic carbocycles. The van der Waals surface area contributed by atoms with Crippen molar-refractivity contribution in [1.82, 2.24) is 0 Å². The molecule has 1 nitrogen and oxygen atoms in total. The van der Waals surface area contributed by atoms with Crippen molar-refractivity contribution in [3.8, 4) is 0 Å². The van der Waals surface area contributed by atoms with Crippen molar-refractivity contribution in [2.75, 3.05) is 6.61 Å². The first-order valence-corrected chi connectivity index (χ1v) is 5.77. The van der Waals surface area contributed by atoms with Crippen LogP contribution in [0.3, 0.4) is 0 Å². The molecule has 1 aromatic rings. The van der Waals surface area contributed by atoms with Gasteiger partial charge in [0.25, 0.3) is 0 Å². The Bertz CT molecular complexity index is 378. The van der Waals surface area contributed by atoms with Crippen LogP contribution in [0, 0.1) is 0 Å². The second-order valence-corrected chi connectivity index (χ2v) is 4.49. The Kier molecular flexibility index (Phi) is 3.39. The average Bonchev–Trinajstić information content (AvgIpc) is 2.30. The largest absolute Gasteiger partial charge is 0.369 e. The van der Waals surface area contributed by atoms with Crippen molar-refractivity contribution in [3.05, 3.63) is 58.6 Å². The molecule has 0 saturated heterocycles. The van der Waals surface area contributed by atoms with E-state index in [9.17, 15) is 0 Å². The zero-order chi connectivity index (χ0) is 10.7. The molecule has 15 heavy (non-hydrogen) atoms. The molecule has 0 saturated carbocycles. The van der Waals surface area contributed by atoms with Crippen molar-refractivity contribution in [2.45, 2.75) is 12.5 Å². The average molecular weight is 265 g/mol. The maximum absolute atomic E-state index is 5.75. The molecule has 0 aliphatic carbocycles. The Morgan fingerprint density at radius 3 is 2.60 bits per heavy atom. The van der Waals surface area contributed by atoms with Gasteiger partial charge in [0.05, 0.1) is 12.7 Å². The molecule has 2 heteroatoms. The molecule has 0 N–H and O–H groups in total. The van der Waals surface area contributed by atoms with E-state index in [0.29, 0.717) is 6.61 Å². The fourth-order valence-corrected chi connectivity index (χ4v) is 1.90. The first-order valence-electron chi connectivity index (χ1n) is 4.98. The van der Waals surface area contributed by atoms with Gasteiger partial charge < -0.3 is 4.74 Å². The van der Waals surface area contributed by atoms with Gasteiger partial charge in [0.2, 0.25) is 0 Å². The molecule has 78 valence electrons. The van der Waals surface area contributed by atoms with Gasteiger partial charge in [0.1, 0.15) is 0 Å². The summed E-state index contributed by atoms with van der Waals surface area (Å²) in [6.07, 6.45) is 5.19. The highest BCUT2D eigenvalue weighted by Gasteiger charge is 2.15. The minimum absolute atomic E-state index is 0.196. The predicted octanol–water partition coefficient (Wildman–Crippen LogP) is 4.02. The first-order chi connectivity index (χ1) is 7.29. The lowest BCUT2D eigenvalue weighted by atomic mass is 10.0. The predicted molar refractivity (Wildman–Crippen MR) is 65.7 cm³/mol. The van der Waals surface area contributed by atoms with Gasteiger partial charge >= 0.3 is 0 Å². The number of ether oxygens (including phenoxy) is 1. The summed E-state index contributed by atoms with van der Waals surface area (Å²) >= 11 is 3.42. The lowest BCUT2D eigenvalue weighted by Gasteiger charge is -2.22. The van der Waals surface area contributed by atoms with E-state index >= 15 is 0 Å². The first kappa shape index (κ1) is 10.7. The molecule has 1 aliphatic heterocycles. The molecule has 1 aliphatic rings. The summed E-state index contributed by atoms with van der Waals surface area (Å²) in [4.78, 5) is 0. The van der Waals surface area contributed by atoms with Gasteiger partial charge in [-0.1, -0.05) is 46.8 Å². The van der Waals surface area contributed by atoms with E-state index in [0.717, 1.165) is 10.9 Å².